The fourth-order valence-electron chi connectivity index (χ4n) is 2.57. The predicted molar refractivity (Wildman–Crippen MR) is 94.3 cm³/mol. The lowest BCUT2D eigenvalue weighted by Crippen LogP contribution is -1.82. The van der Waals surface area contributed by atoms with Gasteiger partial charge in [0.2, 0.25) is 0 Å². The molecule has 0 aromatic carbocycles. The average Bonchev–Trinajstić information content (AvgIpc) is 2.47. The van der Waals surface area contributed by atoms with Crippen LogP contribution in [-0.2, 0) is 0 Å². The van der Waals surface area contributed by atoms with E-state index in [2.05, 4.69) is 38.2 Å². The lowest BCUT2D eigenvalue weighted by Gasteiger charge is -2.02. The standard InChI is InChI=1S/C20H38/c1-3-5-7-9-11-13-15-17-19-20-18-16-14-12-10-8-6-4-2/h3,5,7,9H,4,6,8,10-20H2,1-2H3. The highest BCUT2D eigenvalue weighted by atomic mass is 14.0. The van der Waals surface area contributed by atoms with E-state index in [4.69, 9.17) is 0 Å². The van der Waals surface area contributed by atoms with Crippen molar-refractivity contribution in [2.24, 2.45) is 0 Å². The highest BCUT2D eigenvalue weighted by Crippen LogP contribution is 2.12. The van der Waals surface area contributed by atoms with Crippen molar-refractivity contribution in [1.82, 2.24) is 0 Å². The minimum absolute atomic E-state index is 1.25. The van der Waals surface area contributed by atoms with Crippen LogP contribution in [0.1, 0.15) is 104 Å². The first-order valence-electron chi connectivity index (χ1n) is 9.19. The van der Waals surface area contributed by atoms with Crippen LogP contribution in [0.3, 0.4) is 0 Å². The molecule has 0 bridgehead atoms. The third kappa shape index (κ3) is 17.5. The molecule has 0 heteroatoms. The van der Waals surface area contributed by atoms with Crippen LogP contribution in [0.25, 0.3) is 0 Å². The molecule has 20 heavy (non-hydrogen) atoms. The lowest BCUT2D eigenvalue weighted by molar-refractivity contribution is 0.540. The molecule has 0 aliphatic carbocycles. The van der Waals surface area contributed by atoms with E-state index in [1.807, 2.05) is 0 Å². The first kappa shape index (κ1) is 19.5. The van der Waals surface area contributed by atoms with E-state index in [1.165, 1.54) is 89.9 Å². The van der Waals surface area contributed by atoms with Crippen LogP contribution in [0.5, 0.6) is 0 Å². The SMILES string of the molecule is CC=CC=CCCCCCCCCCCCCCCC. The van der Waals surface area contributed by atoms with E-state index < -0.39 is 0 Å². The van der Waals surface area contributed by atoms with Crippen molar-refractivity contribution in [3.63, 3.8) is 0 Å². The maximum absolute atomic E-state index is 2.29. The molecule has 0 atom stereocenters. The van der Waals surface area contributed by atoms with Crippen LogP contribution < -0.4 is 0 Å². The van der Waals surface area contributed by atoms with Crippen molar-refractivity contribution in [2.75, 3.05) is 0 Å². The van der Waals surface area contributed by atoms with Crippen molar-refractivity contribution in [3.05, 3.63) is 24.3 Å². The summed E-state index contributed by atoms with van der Waals surface area (Å²) in [6, 6.07) is 0. The van der Waals surface area contributed by atoms with Crippen molar-refractivity contribution in [1.29, 1.82) is 0 Å². The van der Waals surface area contributed by atoms with Gasteiger partial charge in [-0.3, -0.25) is 0 Å². The van der Waals surface area contributed by atoms with E-state index in [1.54, 1.807) is 0 Å². The minimum Gasteiger partial charge on any atom is -0.0877 e. The number of allylic oxidation sites excluding steroid dienone is 4. The first-order chi connectivity index (χ1) is 9.91. The molecule has 0 saturated carbocycles. The van der Waals surface area contributed by atoms with E-state index in [0.717, 1.165) is 0 Å². The Bertz CT molecular complexity index is 212. The van der Waals surface area contributed by atoms with Crippen molar-refractivity contribution in [3.8, 4) is 0 Å². The number of hydrogen-bond donors (Lipinski definition) is 0. The molecule has 0 saturated heterocycles. The summed E-state index contributed by atoms with van der Waals surface area (Å²) in [6.07, 6.45) is 28.6. The zero-order valence-corrected chi connectivity index (χ0v) is 14.2. The molecule has 0 heterocycles. The molecular weight excluding hydrogens is 240 g/mol. The Hall–Kier alpha value is -0.520. The van der Waals surface area contributed by atoms with Gasteiger partial charge in [0.1, 0.15) is 0 Å². The van der Waals surface area contributed by atoms with E-state index >= 15 is 0 Å². The number of unbranched alkanes of at least 4 members (excludes halogenated alkanes) is 13. The lowest BCUT2D eigenvalue weighted by atomic mass is 10.0. The molecule has 0 radical (unpaired) electrons. The van der Waals surface area contributed by atoms with Gasteiger partial charge in [-0.2, -0.15) is 0 Å². The minimum atomic E-state index is 1.25. The Morgan fingerprint density at radius 3 is 1.45 bits per heavy atom. The summed E-state index contributed by atoms with van der Waals surface area (Å²) >= 11 is 0. The molecule has 0 rings (SSSR count). The summed E-state index contributed by atoms with van der Waals surface area (Å²) in [4.78, 5) is 0. The van der Waals surface area contributed by atoms with Gasteiger partial charge in [-0.25, -0.2) is 0 Å². The van der Waals surface area contributed by atoms with Crippen LogP contribution in [0.15, 0.2) is 24.3 Å². The zero-order valence-electron chi connectivity index (χ0n) is 14.2. The molecule has 0 spiro atoms. The molecule has 0 unspecified atom stereocenters. The fraction of sp³-hybridized carbons (Fsp3) is 0.800. The third-order valence-electron chi connectivity index (χ3n) is 3.91. The molecular formula is C20H38. The van der Waals surface area contributed by atoms with Gasteiger partial charge >= 0.3 is 0 Å². The van der Waals surface area contributed by atoms with Gasteiger partial charge in [0.15, 0.2) is 0 Å². The Balaban J connectivity index is 2.99. The summed E-state index contributed by atoms with van der Waals surface area (Å²) < 4.78 is 0. The zero-order chi connectivity index (χ0) is 14.7. The third-order valence-corrected chi connectivity index (χ3v) is 3.91. The van der Waals surface area contributed by atoms with Crippen LogP contribution in [0.4, 0.5) is 0 Å². The van der Waals surface area contributed by atoms with Gasteiger partial charge in [-0.1, -0.05) is 108 Å². The van der Waals surface area contributed by atoms with Crippen molar-refractivity contribution >= 4 is 0 Å². The van der Waals surface area contributed by atoms with Crippen LogP contribution in [0, 0.1) is 0 Å². The van der Waals surface area contributed by atoms with Crippen molar-refractivity contribution < 1.29 is 0 Å². The van der Waals surface area contributed by atoms with Crippen LogP contribution in [-0.4, -0.2) is 0 Å². The Morgan fingerprint density at radius 1 is 0.550 bits per heavy atom. The smallest absolute Gasteiger partial charge is 0.0348 e. The topological polar surface area (TPSA) is 0 Å². The number of rotatable bonds is 15. The van der Waals surface area contributed by atoms with Gasteiger partial charge in [0, 0.05) is 0 Å². The van der Waals surface area contributed by atoms with Crippen LogP contribution in [0.2, 0.25) is 0 Å². The molecule has 0 nitrogen and oxygen atoms in total. The second kappa shape index (κ2) is 18.5. The van der Waals surface area contributed by atoms with Gasteiger partial charge in [-0.05, 0) is 19.8 Å². The molecule has 0 aliphatic heterocycles. The summed E-state index contributed by atoms with van der Waals surface area (Å²) in [5, 5.41) is 0. The van der Waals surface area contributed by atoms with Gasteiger partial charge in [0.25, 0.3) is 0 Å². The van der Waals surface area contributed by atoms with E-state index in [-0.39, 0.29) is 0 Å². The molecule has 0 N–H and O–H groups in total. The van der Waals surface area contributed by atoms with Gasteiger partial charge < -0.3 is 0 Å². The molecule has 0 fully saturated rings. The second-order valence-electron chi connectivity index (χ2n) is 5.99. The fourth-order valence-corrected chi connectivity index (χ4v) is 2.57. The largest absolute Gasteiger partial charge is 0.0877 e. The monoisotopic (exact) mass is 278 g/mol. The average molecular weight is 279 g/mol. The molecule has 0 aromatic rings. The maximum atomic E-state index is 2.29. The quantitative estimate of drug-likeness (QED) is 0.214. The Kier molecular flexibility index (Phi) is 18.0. The highest BCUT2D eigenvalue weighted by molar-refractivity contribution is 5.00. The second-order valence-corrected chi connectivity index (χ2v) is 5.99. The predicted octanol–water partition coefficient (Wildman–Crippen LogP) is 7.60. The normalized spacial score (nSPS) is 11.9. The number of hydrogen-bond acceptors (Lipinski definition) is 0. The molecule has 0 amide bonds. The summed E-state index contributed by atoms with van der Waals surface area (Å²) in [5.74, 6) is 0. The first-order valence-corrected chi connectivity index (χ1v) is 9.19. The van der Waals surface area contributed by atoms with Crippen LogP contribution >= 0.6 is 0 Å². The molecule has 0 aliphatic rings. The van der Waals surface area contributed by atoms with Gasteiger partial charge in [-0.15, -0.1) is 0 Å². The molecule has 0 aromatic heterocycles. The summed E-state index contributed by atoms with van der Waals surface area (Å²) in [5.41, 5.74) is 0. The van der Waals surface area contributed by atoms with E-state index in [0.29, 0.717) is 0 Å². The Labute approximate surface area is 128 Å². The molecule has 118 valence electrons. The highest BCUT2D eigenvalue weighted by Gasteiger charge is 1.93. The Morgan fingerprint density at radius 2 is 1.00 bits per heavy atom. The summed E-state index contributed by atoms with van der Waals surface area (Å²) in [7, 11) is 0. The summed E-state index contributed by atoms with van der Waals surface area (Å²) in [6.45, 7) is 4.36. The maximum Gasteiger partial charge on any atom is -0.0348 e. The van der Waals surface area contributed by atoms with Crippen molar-refractivity contribution in [2.45, 2.75) is 104 Å². The van der Waals surface area contributed by atoms with E-state index in [9.17, 15) is 0 Å². The van der Waals surface area contributed by atoms with Gasteiger partial charge in [0.05, 0.1) is 0 Å².